The monoisotopic (exact) mass is 206 g/mol. The van der Waals surface area contributed by atoms with E-state index in [4.69, 9.17) is 5.53 Å². The first-order valence-corrected chi connectivity index (χ1v) is 3.91. The van der Waals surface area contributed by atoms with E-state index in [0.29, 0.717) is 5.56 Å². The number of nitro groups is 1. The number of nitro benzene ring substituents is 1. The van der Waals surface area contributed by atoms with Crippen LogP contribution in [0.2, 0.25) is 0 Å². The van der Waals surface area contributed by atoms with Gasteiger partial charge in [-0.15, -0.1) is 0 Å². The summed E-state index contributed by atoms with van der Waals surface area (Å²) in [5, 5.41) is 13.4. The van der Waals surface area contributed by atoms with Crippen molar-refractivity contribution >= 4 is 11.6 Å². The Balaban J connectivity index is 3.43. The fraction of sp³-hybridized carbons (Fsp3) is 0.125. The number of benzene rings is 1. The molecule has 1 rings (SSSR count). The number of hydrogen-bond acceptors (Lipinski definition) is 3. The van der Waals surface area contributed by atoms with Crippen molar-refractivity contribution in [3.63, 3.8) is 0 Å². The highest BCUT2D eigenvalue weighted by Gasteiger charge is 2.20. The number of nitrogens with zero attached hydrogens (tertiary/aromatic N) is 4. The largest absolute Gasteiger partial charge is 0.287 e. The minimum Gasteiger partial charge on any atom is -0.287 e. The van der Waals surface area contributed by atoms with E-state index in [0.717, 1.165) is 0 Å². The van der Waals surface area contributed by atoms with Crippen molar-refractivity contribution in [1.82, 2.24) is 0 Å². The molecule has 76 valence electrons. The van der Waals surface area contributed by atoms with Crippen LogP contribution in [0.1, 0.15) is 15.9 Å². The fourth-order valence-corrected chi connectivity index (χ4v) is 1.17. The molecular formula is C8H6N4O3. The minimum atomic E-state index is -0.942. The van der Waals surface area contributed by atoms with Gasteiger partial charge in [-0.25, -0.2) is 0 Å². The van der Waals surface area contributed by atoms with Gasteiger partial charge in [0.05, 0.1) is 4.92 Å². The van der Waals surface area contributed by atoms with Gasteiger partial charge in [0, 0.05) is 11.0 Å². The molecule has 0 atom stereocenters. The van der Waals surface area contributed by atoms with Gasteiger partial charge < -0.3 is 0 Å². The van der Waals surface area contributed by atoms with Gasteiger partial charge in [0.2, 0.25) is 0 Å². The van der Waals surface area contributed by atoms with Crippen LogP contribution < -0.4 is 0 Å². The van der Waals surface area contributed by atoms with Crippen molar-refractivity contribution in [2.45, 2.75) is 6.92 Å². The molecule has 15 heavy (non-hydrogen) atoms. The zero-order valence-corrected chi connectivity index (χ0v) is 7.75. The molecule has 0 saturated carbocycles. The molecular weight excluding hydrogens is 200 g/mol. The van der Waals surface area contributed by atoms with Crippen LogP contribution in [0.15, 0.2) is 23.3 Å². The van der Waals surface area contributed by atoms with Crippen LogP contribution >= 0.6 is 0 Å². The van der Waals surface area contributed by atoms with Crippen molar-refractivity contribution in [2.24, 2.45) is 5.11 Å². The zero-order chi connectivity index (χ0) is 11.4. The lowest BCUT2D eigenvalue weighted by Crippen LogP contribution is -2.03. The highest BCUT2D eigenvalue weighted by Crippen LogP contribution is 2.22. The number of azide groups is 1. The van der Waals surface area contributed by atoms with Gasteiger partial charge in [0.1, 0.15) is 5.56 Å². The standard InChI is InChI=1S/C8H6N4O3/c1-5-3-2-4-6(12(14)15)7(5)8(13)10-11-9/h2-4H,1H3. The lowest BCUT2D eigenvalue weighted by atomic mass is 10.1. The Morgan fingerprint density at radius 2 is 2.27 bits per heavy atom. The summed E-state index contributed by atoms with van der Waals surface area (Å²) in [5.74, 6) is -0.942. The predicted molar refractivity (Wildman–Crippen MR) is 51.3 cm³/mol. The molecule has 0 saturated heterocycles. The van der Waals surface area contributed by atoms with E-state index in [2.05, 4.69) is 10.0 Å². The number of amides is 1. The van der Waals surface area contributed by atoms with Crippen LogP contribution in [0.3, 0.4) is 0 Å². The van der Waals surface area contributed by atoms with Crippen LogP contribution in [-0.4, -0.2) is 10.8 Å². The molecule has 7 nitrogen and oxygen atoms in total. The van der Waals surface area contributed by atoms with Crippen molar-refractivity contribution in [3.8, 4) is 0 Å². The molecule has 0 aliphatic heterocycles. The number of aryl methyl sites for hydroxylation is 1. The third kappa shape index (κ3) is 2.09. The summed E-state index contributed by atoms with van der Waals surface area (Å²) in [6, 6.07) is 4.18. The Bertz CT molecular complexity index is 477. The first-order chi connectivity index (χ1) is 7.07. The van der Waals surface area contributed by atoms with Crippen molar-refractivity contribution in [2.75, 3.05) is 0 Å². The average molecular weight is 206 g/mol. The lowest BCUT2D eigenvalue weighted by molar-refractivity contribution is -0.385. The first kappa shape index (κ1) is 10.7. The summed E-state index contributed by atoms with van der Waals surface area (Å²) in [7, 11) is 0. The second kappa shape index (κ2) is 4.21. The molecule has 0 aromatic heterocycles. The van der Waals surface area contributed by atoms with Gasteiger partial charge in [-0.3, -0.25) is 14.9 Å². The molecule has 0 N–H and O–H groups in total. The maximum atomic E-state index is 11.3. The van der Waals surface area contributed by atoms with Crippen LogP contribution in [0.5, 0.6) is 0 Å². The van der Waals surface area contributed by atoms with Crippen LogP contribution in [0.25, 0.3) is 10.4 Å². The molecule has 1 aromatic carbocycles. The second-order valence-electron chi connectivity index (χ2n) is 2.72. The SMILES string of the molecule is Cc1cccc([N+](=O)[O-])c1C(=O)N=[N+]=[N-]. The molecule has 0 heterocycles. The average Bonchev–Trinajstić information content (AvgIpc) is 2.17. The number of carbonyl (C=O) groups is 1. The van der Waals surface area contributed by atoms with Crippen molar-refractivity contribution in [3.05, 3.63) is 49.9 Å². The summed E-state index contributed by atoms with van der Waals surface area (Å²) in [6.07, 6.45) is 0. The van der Waals surface area contributed by atoms with Crippen molar-refractivity contribution < 1.29 is 9.72 Å². The maximum Gasteiger partial charge on any atom is 0.280 e. The van der Waals surface area contributed by atoms with E-state index in [9.17, 15) is 14.9 Å². The molecule has 0 unspecified atom stereocenters. The summed E-state index contributed by atoms with van der Waals surface area (Å²) in [4.78, 5) is 23.5. The highest BCUT2D eigenvalue weighted by atomic mass is 16.6. The lowest BCUT2D eigenvalue weighted by Gasteiger charge is -2.01. The molecule has 0 bridgehead atoms. The van der Waals surface area contributed by atoms with Crippen LogP contribution in [-0.2, 0) is 0 Å². The molecule has 0 radical (unpaired) electrons. The normalized spacial score (nSPS) is 9.13. The maximum absolute atomic E-state index is 11.3. The summed E-state index contributed by atoms with van der Waals surface area (Å²) < 4.78 is 0. The Morgan fingerprint density at radius 3 is 2.80 bits per heavy atom. The Labute approximate surface area is 84.1 Å². The van der Waals surface area contributed by atoms with E-state index in [1.807, 2.05) is 0 Å². The molecule has 7 heteroatoms. The molecule has 1 amide bonds. The van der Waals surface area contributed by atoms with Gasteiger partial charge in [-0.1, -0.05) is 12.1 Å². The minimum absolute atomic E-state index is 0.166. The van der Waals surface area contributed by atoms with E-state index in [-0.39, 0.29) is 11.3 Å². The predicted octanol–water partition coefficient (Wildman–Crippen LogP) is 2.35. The molecule has 0 fully saturated rings. The second-order valence-corrected chi connectivity index (χ2v) is 2.72. The molecule has 0 aliphatic rings. The topological polar surface area (TPSA) is 109 Å². The van der Waals surface area contributed by atoms with Gasteiger partial charge in [-0.2, -0.15) is 0 Å². The number of rotatable bonds is 2. The fourth-order valence-electron chi connectivity index (χ4n) is 1.17. The quantitative estimate of drug-likeness (QED) is 0.243. The van der Waals surface area contributed by atoms with E-state index in [1.165, 1.54) is 25.1 Å². The van der Waals surface area contributed by atoms with Gasteiger partial charge in [-0.05, 0) is 23.1 Å². The van der Waals surface area contributed by atoms with Gasteiger partial charge in [0.15, 0.2) is 0 Å². The van der Waals surface area contributed by atoms with E-state index < -0.39 is 10.8 Å². The van der Waals surface area contributed by atoms with Gasteiger partial charge >= 0.3 is 0 Å². The van der Waals surface area contributed by atoms with Crippen LogP contribution in [0, 0.1) is 17.0 Å². The van der Waals surface area contributed by atoms with Crippen molar-refractivity contribution in [1.29, 1.82) is 0 Å². The first-order valence-electron chi connectivity index (χ1n) is 3.91. The molecule has 0 aliphatic carbocycles. The molecule has 0 spiro atoms. The highest BCUT2D eigenvalue weighted by molar-refractivity contribution is 6.00. The smallest absolute Gasteiger partial charge is 0.280 e. The summed E-state index contributed by atoms with van der Waals surface area (Å²) in [6.45, 7) is 1.53. The summed E-state index contributed by atoms with van der Waals surface area (Å²) in [5.41, 5.74) is 7.97. The van der Waals surface area contributed by atoms with Gasteiger partial charge in [0.25, 0.3) is 11.6 Å². The van der Waals surface area contributed by atoms with E-state index >= 15 is 0 Å². The number of hydrogen-bond donors (Lipinski definition) is 0. The third-order valence-corrected chi connectivity index (χ3v) is 1.80. The Morgan fingerprint density at radius 1 is 1.60 bits per heavy atom. The third-order valence-electron chi connectivity index (χ3n) is 1.80. The number of carbonyl (C=O) groups excluding carboxylic acids is 1. The van der Waals surface area contributed by atoms with Crippen LogP contribution in [0.4, 0.5) is 5.69 Å². The Hall–Kier alpha value is -2.40. The Kier molecular flexibility index (Phi) is 3.00. The summed E-state index contributed by atoms with van der Waals surface area (Å²) >= 11 is 0. The van der Waals surface area contributed by atoms with E-state index in [1.54, 1.807) is 0 Å². The zero-order valence-electron chi connectivity index (χ0n) is 7.75. The molecule has 1 aromatic rings.